The molecular weight excluding hydrogens is 297 g/mol. The first kappa shape index (κ1) is 22.9. The van der Waals surface area contributed by atoms with Crippen LogP contribution in [0.4, 0.5) is 4.39 Å². The van der Waals surface area contributed by atoms with E-state index in [1.807, 2.05) is 0 Å². The summed E-state index contributed by atoms with van der Waals surface area (Å²) in [6.45, 7) is 3.39. The molecule has 0 atom stereocenters. The van der Waals surface area contributed by atoms with E-state index >= 15 is 0 Å². The average Bonchev–Trinajstić information content (AvgIpc) is 2.60. The van der Waals surface area contributed by atoms with E-state index in [9.17, 15) is 4.39 Å². The van der Waals surface area contributed by atoms with Gasteiger partial charge in [0.15, 0.2) is 0 Å². The molecule has 0 saturated heterocycles. The molecule has 1 nitrogen and oxygen atoms in total. The fourth-order valence-corrected chi connectivity index (χ4v) is 2.26. The largest absolute Gasteiger partial charge is 0.314 e. The first-order valence-corrected chi connectivity index (χ1v) is 9.78. The monoisotopic (exact) mass is 335 g/mol. The van der Waals surface area contributed by atoms with Crippen molar-refractivity contribution in [3.8, 4) is 0 Å². The van der Waals surface area contributed by atoms with E-state index in [0.717, 1.165) is 38.6 Å². The Bertz CT molecular complexity index is 342. The molecule has 0 spiro atoms. The predicted octanol–water partition coefficient (Wildman–Crippen LogP) is 6.69. The van der Waals surface area contributed by atoms with Crippen molar-refractivity contribution in [2.45, 2.75) is 71.1 Å². The van der Waals surface area contributed by atoms with Crippen molar-refractivity contribution in [1.29, 1.82) is 0 Å². The van der Waals surface area contributed by atoms with Gasteiger partial charge in [0.2, 0.25) is 0 Å². The van der Waals surface area contributed by atoms with Crippen molar-refractivity contribution in [3.05, 3.63) is 48.6 Å². The Kier molecular flexibility index (Phi) is 20.8. The minimum absolute atomic E-state index is 0.267. The second kappa shape index (κ2) is 21.9. The van der Waals surface area contributed by atoms with Gasteiger partial charge in [0, 0.05) is 6.54 Å². The zero-order valence-electron chi connectivity index (χ0n) is 15.7. The molecular formula is C22H38FN. The van der Waals surface area contributed by atoms with Crippen LogP contribution in [0.5, 0.6) is 0 Å². The maximum absolute atomic E-state index is 11.8. The molecule has 0 unspecified atom stereocenters. The van der Waals surface area contributed by atoms with Gasteiger partial charge >= 0.3 is 0 Å². The average molecular weight is 336 g/mol. The van der Waals surface area contributed by atoms with Crippen molar-refractivity contribution in [1.82, 2.24) is 5.32 Å². The zero-order chi connectivity index (χ0) is 17.6. The quantitative estimate of drug-likeness (QED) is 0.230. The second-order valence-corrected chi connectivity index (χ2v) is 6.02. The van der Waals surface area contributed by atoms with Crippen LogP contribution < -0.4 is 5.32 Å². The highest BCUT2D eigenvalue weighted by molar-refractivity contribution is 4.99. The molecule has 0 saturated carbocycles. The number of hydrogen-bond acceptors (Lipinski definition) is 1. The molecule has 0 aliphatic rings. The Morgan fingerprint density at radius 1 is 0.625 bits per heavy atom. The van der Waals surface area contributed by atoms with Crippen LogP contribution in [0.2, 0.25) is 0 Å². The van der Waals surface area contributed by atoms with E-state index < -0.39 is 0 Å². The lowest BCUT2D eigenvalue weighted by atomic mass is 10.2. The molecule has 0 radical (unpaired) electrons. The number of halogens is 1. The van der Waals surface area contributed by atoms with Gasteiger partial charge in [0.1, 0.15) is 6.67 Å². The first-order valence-electron chi connectivity index (χ1n) is 9.78. The molecule has 0 bridgehead atoms. The van der Waals surface area contributed by atoms with E-state index in [1.54, 1.807) is 0 Å². The Balaban J connectivity index is 3.33. The van der Waals surface area contributed by atoms with Gasteiger partial charge < -0.3 is 5.32 Å². The van der Waals surface area contributed by atoms with Crippen molar-refractivity contribution in [2.24, 2.45) is 0 Å². The molecule has 0 aromatic rings. The molecule has 0 heterocycles. The molecule has 0 amide bonds. The van der Waals surface area contributed by atoms with Crippen LogP contribution in [-0.2, 0) is 0 Å². The van der Waals surface area contributed by atoms with Crippen LogP contribution in [0.15, 0.2) is 48.6 Å². The summed E-state index contributed by atoms with van der Waals surface area (Å²) in [5.74, 6) is 0. The van der Waals surface area contributed by atoms with E-state index in [0.29, 0.717) is 6.54 Å². The summed E-state index contributed by atoms with van der Waals surface area (Å²) < 4.78 is 11.8. The summed E-state index contributed by atoms with van der Waals surface area (Å²) in [5, 5.41) is 3.07. The van der Waals surface area contributed by atoms with Crippen LogP contribution in [0, 0.1) is 0 Å². The minimum atomic E-state index is -0.267. The van der Waals surface area contributed by atoms with Gasteiger partial charge in [-0.3, -0.25) is 0 Å². The fourth-order valence-electron chi connectivity index (χ4n) is 2.26. The summed E-state index contributed by atoms with van der Waals surface area (Å²) in [7, 11) is 0. The lowest BCUT2D eigenvalue weighted by Crippen LogP contribution is -2.17. The fraction of sp³-hybridized carbons (Fsp3) is 0.636. The number of alkyl halides is 1. The van der Waals surface area contributed by atoms with Gasteiger partial charge in [0.05, 0.1) is 0 Å². The van der Waals surface area contributed by atoms with Crippen LogP contribution in [0.3, 0.4) is 0 Å². The molecule has 24 heavy (non-hydrogen) atoms. The van der Waals surface area contributed by atoms with Crippen LogP contribution in [0.1, 0.15) is 71.1 Å². The summed E-state index contributed by atoms with van der Waals surface area (Å²) in [5.41, 5.74) is 0. The third kappa shape index (κ3) is 20.9. The molecule has 0 rings (SSSR count). The predicted molar refractivity (Wildman–Crippen MR) is 107 cm³/mol. The maximum atomic E-state index is 11.8. The Morgan fingerprint density at radius 2 is 1.12 bits per heavy atom. The minimum Gasteiger partial charge on any atom is -0.314 e. The van der Waals surface area contributed by atoms with Crippen LogP contribution >= 0.6 is 0 Å². The number of allylic oxidation sites excluding steroid dienone is 8. The van der Waals surface area contributed by atoms with E-state index in [-0.39, 0.29) is 6.67 Å². The van der Waals surface area contributed by atoms with Crippen LogP contribution in [0.25, 0.3) is 0 Å². The number of rotatable bonds is 17. The van der Waals surface area contributed by atoms with E-state index in [1.165, 1.54) is 32.1 Å². The second-order valence-electron chi connectivity index (χ2n) is 6.02. The normalized spacial score (nSPS) is 12.6. The topological polar surface area (TPSA) is 12.0 Å². The zero-order valence-corrected chi connectivity index (χ0v) is 15.7. The van der Waals surface area contributed by atoms with Gasteiger partial charge in [-0.2, -0.15) is 0 Å². The smallest absolute Gasteiger partial charge is 0.102 e. The van der Waals surface area contributed by atoms with Crippen molar-refractivity contribution >= 4 is 0 Å². The van der Waals surface area contributed by atoms with Gasteiger partial charge in [-0.15, -0.1) is 0 Å². The van der Waals surface area contributed by atoms with Gasteiger partial charge in [-0.1, -0.05) is 68.4 Å². The Hall–Kier alpha value is -1.15. The number of nitrogens with one attached hydrogen (secondary N) is 1. The van der Waals surface area contributed by atoms with Crippen molar-refractivity contribution < 1.29 is 4.39 Å². The summed E-state index contributed by atoms with van der Waals surface area (Å²) in [6.07, 6.45) is 29.7. The SMILES string of the molecule is CCCCCC=CCC=CCC=CCC=CCCCCNCCF. The van der Waals surface area contributed by atoms with Gasteiger partial charge in [0.25, 0.3) is 0 Å². The van der Waals surface area contributed by atoms with Gasteiger partial charge in [-0.25, -0.2) is 4.39 Å². The summed E-state index contributed by atoms with van der Waals surface area (Å²) >= 11 is 0. The Morgan fingerprint density at radius 3 is 1.62 bits per heavy atom. The molecule has 0 fully saturated rings. The molecule has 0 aliphatic carbocycles. The third-order valence-electron chi connectivity index (χ3n) is 3.70. The number of hydrogen-bond donors (Lipinski definition) is 1. The van der Waals surface area contributed by atoms with Crippen molar-refractivity contribution in [2.75, 3.05) is 19.8 Å². The molecule has 0 aliphatic heterocycles. The standard InChI is InChI=1S/C22H38FN/c1-2-3-4-5-6-7-8-9-10-11-12-13-14-15-16-17-18-19-21-24-22-20-23/h6-7,9-10,12-13,15-16,24H,2-5,8,11,14,17-22H2,1H3. The summed E-state index contributed by atoms with van der Waals surface area (Å²) in [6, 6.07) is 0. The highest BCUT2D eigenvalue weighted by Gasteiger charge is 1.86. The van der Waals surface area contributed by atoms with E-state index in [2.05, 4.69) is 60.8 Å². The molecule has 0 aromatic heterocycles. The summed E-state index contributed by atoms with van der Waals surface area (Å²) in [4.78, 5) is 0. The third-order valence-corrected chi connectivity index (χ3v) is 3.70. The molecule has 1 N–H and O–H groups in total. The maximum Gasteiger partial charge on any atom is 0.102 e. The van der Waals surface area contributed by atoms with Crippen molar-refractivity contribution in [3.63, 3.8) is 0 Å². The van der Waals surface area contributed by atoms with Gasteiger partial charge in [-0.05, 0) is 57.9 Å². The van der Waals surface area contributed by atoms with Crippen LogP contribution in [-0.4, -0.2) is 19.8 Å². The molecule has 0 aromatic carbocycles. The number of unbranched alkanes of at least 4 members (excludes halogenated alkanes) is 5. The lowest BCUT2D eigenvalue weighted by Gasteiger charge is -1.99. The molecule has 2 heteroatoms. The lowest BCUT2D eigenvalue weighted by molar-refractivity contribution is 0.463. The highest BCUT2D eigenvalue weighted by Crippen LogP contribution is 2.01. The molecule has 138 valence electrons. The Labute approximate surface area is 149 Å². The highest BCUT2D eigenvalue weighted by atomic mass is 19.1. The first-order chi connectivity index (χ1) is 11.9. The van der Waals surface area contributed by atoms with E-state index in [4.69, 9.17) is 0 Å².